The summed E-state index contributed by atoms with van der Waals surface area (Å²) in [6.07, 6.45) is 2.09. The highest BCUT2D eigenvalue weighted by Gasteiger charge is 2.17. The third-order valence-corrected chi connectivity index (χ3v) is 3.89. The zero-order valence-electron chi connectivity index (χ0n) is 14.6. The van der Waals surface area contributed by atoms with Crippen LogP contribution in [0.4, 0.5) is 10.5 Å². The van der Waals surface area contributed by atoms with Gasteiger partial charge in [0, 0.05) is 24.3 Å². The SMILES string of the molecule is CC(NCC1CCCN1)c1ccc(NC(=O)OC(C)(C)C)cc1. The minimum atomic E-state index is -0.489. The highest BCUT2D eigenvalue weighted by Crippen LogP contribution is 2.17. The van der Waals surface area contributed by atoms with E-state index in [1.165, 1.54) is 18.4 Å². The number of nitrogens with one attached hydrogen (secondary N) is 3. The molecule has 5 nitrogen and oxygen atoms in total. The third-order valence-electron chi connectivity index (χ3n) is 3.89. The van der Waals surface area contributed by atoms with Crippen molar-refractivity contribution in [1.82, 2.24) is 10.6 Å². The normalized spacial score (nSPS) is 19.4. The van der Waals surface area contributed by atoms with Crippen LogP contribution in [0.25, 0.3) is 0 Å². The first-order chi connectivity index (χ1) is 10.8. The second kappa shape index (κ2) is 7.79. The first-order valence-corrected chi connectivity index (χ1v) is 8.40. The number of rotatable bonds is 5. The van der Waals surface area contributed by atoms with Gasteiger partial charge in [0.1, 0.15) is 5.60 Å². The van der Waals surface area contributed by atoms with Gasteiger partial charge in [-0.1, -0.05) is 12.1 Å². The Morgan fingerprint density at radius 2 is 2.04 bits per heavy atom. The van der Waals surface area contributed by atoms with Gasteiger partial charge in [0.05, 0.1) is 0 Å². The number of anilines is 1. The summed E-state index contributed by atoms with van der Waals surface area (Å²) in [4.78, 5) is 11.7. The molecule has 1 aromatic rings. The molecule has 2 atom stereocenters. The van der Waals surface area contributed by atoms with Crippen LogP contribution in [0.3, 0.4) is 0 Å². The van der Waals surface area contributed by atoms with Crippen molar-refractivity contribution >= 4 is 11.8 Å². The Hall–Kier alpha value is -1.59. The van der Waals surface area contributed by atoms with Gasteiger partial charge in [-0.15, -0.1) is 0 Å². The van der Waals surface area contributed by atoms with E-state index in [9.17, 15) is 4.79 Å². The Morgan fingerprint density at radius 3 is 2.61 bits per heavy atom. The van der Waals surface area contributed by atoms with Gasteiger partial charge < -0.3 is 15.4 Å². The first kappa shape index (κ1) is 17.8. The van der Waals surface area contributed by atoms with E-state index >= 15 is 0 Å². The van der Waals surface area contributed by atoms with Gasteiger partial charge in [-0.3, -0.25) is 5.32 Å². The van der Waals surface area contributed by atoms with Crippen molar-refractivity contribution in [2.24, 2.45) is 0 Å². The molecule has 2 rings (SSSR count). The van der Waals surface area contributed by atoms with Crippen molar-refractivity contribution in [3.8, 4) is 0 Å². The van der Waals surface area contributed by atoms with E-state index in [2.05, 4.69) is 22.9 Å². The maximum atomic E-state index is 11.7. The highest BCUT2D eigenvalue weighted by molar-refractivity contribution is 5.84. The van der Waals surface area contributed by atoms with Crippen molar-refractivity contribution in [2.75, 3.05) is 18.4 Å². The molecule has 0 aromatic heterocycles. The predicted octanol–water partition coefficient (Wildman–Crippen LogP) is 3.44. The Balaban J connectivity index is 1.82. The lowest BCUT2D eigenvalue weighted by Crippen LogP contribution is -2.35. The molecule has 5 heteroatoms. The van der Waals surface area contributed by atoms with E-state index in [-0.39, 0.29) is 6.04 Å². The molecule has 1 amide bonds. The molecule has 23 heavy (non-hydrogen) atoms. The topological polar surface area (TPSA) is 62.4 Å². The zero-order valence-corrected chi connectivity index (χ0v) is 14.6. The third kappa shape index (κ3) is 6.20. The van der Waals surface area contributed by atoms with E-state index in [4.69, 9.17) is 4.74 Å². The smallest absolute Gasteiger partial charge is 0.412 e. The molecule has 0 bridgehead atoms. The highest BCUT2D eigenvalue weighted by atomic mass is 16.6. The lowest BCUT2D eigenvalue weighted by Gasteiger charge is -2.20. The van der Waals surface area contributed by atoms with Crippen LogP contribution in [0.15, 0.2) is 24.3 Å². The Kier molecular flexibility index (Phi) is 6.02. The molecule has 0 aliphatic carbocycles. The van der Waals surface area contributed by atoms with E-state index in [0.717, 1.165) is 18.8 Å². The fourth-order valence-electron chi connectivity index (χ4n) is 2.64. The quantitative estimate of drug-likeness (QED) is 0.778. The molecule has 1 aliphatic heterocycles. The van der Waals surface area contributed by atoms with Crippen molar-refractivity contribution in [1.29, 1.82) is 0 Å². The van der Waals surface area contributed by atoms with Gasteiger partial charge in [-0.25, -0.2) is 4.79 Å². The molecule has 0 radical (unpaired) electrons. The van der Waals surface area contributed by atoms with Crippen LogP contribution < -0.4 is 16.0 Å². The Labute approximate surface area is 139 Å². The van der Waals surface area contributed by atoms with Gasteiger partial charge in [-0.05, 0) is 64.8 Å². The number of carbonyl (C=O) groups excluding carboxylic acids is 1. The van der Waals surface area contributed by atoms with Crippen molar-refractivity contribution < 1.29 is 9.53 Å². The summed E-state index contributed by atoms with van der Waals surface area (Å²) in [5.74, 6) is 0. The molecule has 1 fully saturated rings. The summed E-state index contributed by atoms with van der Waals surface area (Å²) < 4.78 is 5.25. The molecular formula is C18H29N3O2. The number of hydrogen-bond acceptors (Lipinski definition) is 4. The molecule has 1 saturated heterocycles. The number of ether oxygens (including phenoxy) is 1. The lowest BCUT2D eigenvalue weighted by atomic mass is 10.1. The lowest BCUT2D eigenvalue weighted by molar-refractivity contribution is 0.0636. The van der Waals surface area contributed by atoms with Gasteiger partial charge in [0.2, 0.25) is 0 Å². The van der Waals surface area contributed by atoms with Crippen LogP contribution >= 0.6 is 0 Å². The average Bonchev–Trinajstić information content (AvgIpc) is 2.96. The number of amides is 1. The van der Waals surface area contributed by atoms with Crippen LogP contribution in [-0.4, -0.2) is 30.8 Å². The van der Waals surface area contributed by atoms with Crippen molar-refractivity contribution in [2.45, 2.75) is 58.2 Å². The van der Waals surface area contributed by atoms with Crippen molar-refractivity contribution in [3.63, 3.8) is 0 Å². The van der Waals surface area contributed by atoms with Gasteiger partial charge in [0.25, 0.3) is 0 Å². The van der Waals surface area contributed by atoms with E-state index in [1.54, 1.807) is 0 Å². The summed E-state index contributed by atoms with van der Waals surface area (Å²) in [7, 11) is 0. The summed E-state index contributed by atoms with van der Waals surface area (Å²) in [5, 5.41) is 9.80. The fourth-order valence-corrected chi connectivity index (χ4v) is 2.64. The number of carbonyl (C=O) groups is 1. The summed E-state index contributed by atoms with van der Waals surface area (Å²) in [5.41, 5.74) is 1.46. The zero-order chi connectivity index (χ0) is 16.9. The van der Waals surface area contributed by atoms with Crippen molar-refractivity contribution in [3.05, 3.63) is 29.8 Å². The molecule has 2 unspecified atom stereocenters. The molecule has 1 aromatic carbocycles. The Morgan fingerprint density at radius 1 is 1.35 bits per heavy atom. The maximum Gasteiger partial charge on any atom is 0.412 e. The van der Waals surface area contributed by atoms with Gasteiger partial charge in [-0.2, -0.15) is 0 Å². The molecule has 0 saturated carbocycles. The minimum absolute atomic E-state index is 0.285. The van der Waals surface area contributed by atoms with Gasteiger partial charge >= 0.3 is 6.09 Å². The molecule has 3 N–H and O–H groups in total. The summed E-state index contributed by atoms with van der Waals surface area (Å²) in [6, 6.07) is 8.76. The predicted molar refractivity (Wildman–Crippen MR) is 93.7 cm³/mol. The molecule has 1 aliphatic rings. The molecule has 128 valence electrons. The number of hydrogen-bond donors (Lipinski definition) is 3. The van der Waals surface area contributed by atoms with Crippen LogP contribution in [0, 0.1) is 0 Å². The fraction of sp³-hybridized carbons (Fsp3) is 0.611. The largest absolute Gasteiger partial charge is 0.444 e. The Bertz CT molecular complexity index is 502. The van der Waals surface area contributed by atoms with E-state index in [1.807, 2.05) is 45.0 Å². The molecule has 1 heterocycles. The molecular weight excluding hydrogens is 290 g/mol. The molecule has 0 spiro atoms. The monoisotopic (exact) mass is 319 g/mol. The van der Waals surface area contributed by atoms with Crippen LogP contribution in [0.5, 0.6) is 0 Å². The minimum Gasteiger partial charge on any atom is -0.444 e. The summed E-state index contributed by atoms with van der Waals surface area (Å²) in [6.45, 7) is 9.82. The van der Waals surface area contributed by atoms with Crippen LogP contribution in [0.1, 0.15) is 52.1 Å². The second-order valence-corrected chi connectivity index (χ2v) is 7.17. The first-order valence-electron chi connectivity index (χ1n) is 8.40. The van der Waals surface area contributed by atoms with Crippen LogP contribution in [0.2, 0.25) is 0 Å². The van der Waals surface area contributed by atoms with E-state index in [0.29, 0.717) is 6.04 Å². The maximum absolute atomic E-state index is 11.7. The van der Waals surface area contributed by atoms with E-state index < -0.39 is 11.7 Å². The number of benzene rings is 1. The van der Waals surface area contributed by atoms with Gasteiger partial charge in [0.15, 0.2) is 0 Å². The average molecular weight is 319 g/mol. The summed E-state index contributed by atoms with van der Waals surface area (Å²) >= 11 is 0. The second-order valence-electron chi connectivity index (χ2n) is 7.17. The van der Waals surface area contributed by atoms with Crippen LogP contribution in [-0.2, 0) is 4.74 Å². The standard InChI is InChI=1S/C18H29N3O2/c1-13(20-12-16-6-5-11-19-16)14-7-9-15(10-8-14)21-17(22)23-18(2,3)4/h7-10,13,16,19-20H,5-6,11-12H2,1-4H3,(H,21,22).